The Labute approximate surface area is 170 Å². The van der Waals surface area contributed by atoms with E-state index in [0.29, 0.717) is 24.0 Å². The largest absolute Gasteiger partial charge is 0.340 e. The summed E-state index contributed by atoms with van der Waals surface area (Å²) < 4.78 is 0. The summed E-state index contributed by atoms with van der Waals surface area (Å²) in [6, 6.07) is 17.7. The molecule has 1 aliphatic carbocycles. The highest BCUT2D eigenvalue weighted by Crippen LogP contribution is 2.32. The van der Waals surface area contributed by atoms with Gasteiger partial charge in [-0.1, -0.05) is 17.7 Å². The van der Waals surface area contributed by atoms with E-state index in [1.165, 1.54) is 18.4 Å². The molecule has 3 aromatic rings. The van der Waals surface area contributed by atoms with E-state index >= 15 is 0 Å². The minimum Gasteiger partial charge on any atom is -0.340 e. The highest BCUT2D eigenvalue weighted by Gasteiger charge is 2.24. The summed E-state index contributed by atoms with van der Waals surface area (Å²) in [6.07, 6.45) is 2.97. The van der Waals surface area contributed by atoms with E-state index in [-0.39, 0.29) is 5.91 Å². The van der Waals surface area contributed by atoms with Crippen LogP contribution in [0.2, 0.25) is 0 Å². The van der Waals surface area contributed by atoms with Crippen molar-refractivity contribution in [2.75, 3.05) is 16.0 Å². The molecule has 0 saturated heterocycles. The average molecular weight is 387 g/mol. The molecular formula is C23H25N5O. The number of benzene rings is 2. The van der Waals surface area contributed by atoms with Crippen molar-refractivity contribution in [1.82, 2.24) is 9.97 Å². The lowest BCUT2D eigenvalue weighted by molar-refractivity contribution is -0.116. The van der Waals surface area contributed by atoms with Gasteiger partial charge in [-0.2, -0.15) is 0 Å². The van der Waals surface area contributed by atoms with Crippen LogP contribution in [0.15, 0.2) is 54.6 Å². The fraction of sp³-hybridized carbons (Fsp3) is 0.261. The third kappa shape index (κ3) is 5.54. The molecule has 1 saturated carbocycles. The Bertz CT molecular complexity index is 995. The van der Waals surface area contributed by atoms with E-state index in [1.807, 2.05) is 49.4 Å². The second-order valence-electron chi connectivity index (χ2n) is 7.57. The van der Waals surface area contributed by atoms with Crippen LogP contribution in [0, 0.1) is 19.8 Å². The molecule has 2 aromatic carbocycles. The van der Waals surface area contributed by atoms with Gasteiger partial charge < -0.3 is 16.0 Å². The van der Waals surface area contributed by atoms with Crippen LogP contribution in [0.1, 0.15) is 30.7 Å². The Morgan fingerprint density at radius 3 is 1.93 bits per heavy atom. The van der Waals surface area contributed by atoms with Crippen LogP contribution in [0.3, 0.4) is 0 Å². The molecule has 4 rings (SSSR count). The molecule has 0 bridgehead atoms. The van der Waals surface area contributed by atoms with Crippen molar-refractivity contribution in [2.45, 2.75) is 33.1 Å². The van der Waals surface area contributed by atoms with Gasteiger partial charge in [0.05, 0.1) is 0 Å². The maximum atomic E-state index is 11.9. The van der Waals surface area contributed by atoms with Crippen molar-refractivity contribution < 1.29 is 4.79 Å². The van der Waals surface area contributed by atoms with Gasteiger partial charge in [0, 0.05) is 29.5 Å². The number of nitrogens with zero attached hydrogens (tertiary/aromatic N) is 2. The van der Waals surface area contributed by atoms with Gasteiger partial charge in [-0.15, -0.1) is 0 Å². The molecule has 1 aromatic heterocycles. The van der Waals surface area contributed by atoms with Gasteiger partial charge in [0.1, 0.15) is 17.5 Å². The van der Waals surface area contributed by atoms with Gasteiger partial charge in [0.25, 0.3) is 0 Å². The van der Waals surface area contributed by atoms with Crippen molar-refractivity contribution in [1.29, 1.82) is 0 Å². The molecular weight excluding hydrogens is 362 g/mol. The zero-order valence-electron chi connectivity index (χ0n) is 16.7. The Hall–Kier alpha value is -3.41. The van der Waals surface area contributed by atoms with Crippen molar-refractivity contribution in [3.63, 3.8) is 0 Å². The lowest BCUT2D eigenvalue weighted by atomic mass is 10.2. The molecule has 148 valence electrons. The summed E-state index contributed by atoms with van der Waals surface area (Å²) in [4.78, 5) is 20.9. The first-order valence-corrected chi connectivity index (χ1v) is 9.90. The first-order chi connectivity index (χ1) is 14.0. The normalized spacial score (nSPS) is 13.0. The van der Waals surface area contributed by atoms with Crippen LogP contribution < -0.4 is 16.0 Å². The van der Waals surface area contributed by atoms with Crippen LogP contribution >= 0.6 is 0 Å². The molecule has 1 fully saturated rings. The van der Waals surface area contributed by atoms with Crippen molar-refractivity contribution in [2.24, 2.45) is 5.92 Å². The lowest BCUT2D eigenvalue weighted by Gasteiger charge is -2.11. The Morgan fingerprint density at radius 1 is 0.862 bits per heavy atom. The molecule has 0 unspecified atom stereocenters. The summed E-state index contributed by atoms with van der Waals surface area (Å²) in [5.41, 5.74) is 3.89. The van der Waals surface area contributed by atoms with Crippen molar-refractivity contribution >= 4 is 34.6 Å². The third-order valence-electron chi connectivity index (χ3n) is 4.77. The fourth-order valence-corrected chi connectivity index (χ4v) is 3.06. The molecule has 0 aliphatic heterocycles. The summed E-state index contributed by atoms with van der Waals surface area (Å²) >= 11 is 0. The standard InChI is InChI=1S/C23H25N5O/c1-15-3-7-18(8-4-15)26-21-14-22(25-16(2)24-21)27-19-9-11-20(12-10-19)28-23(29)13-17-5-6-17/h3-4,7-12,14,17H,5-6,13H2,1-2H3,(H,28,29)(H2,24,25,26,27). The zero-order valence-corrected chi connectivity index (χ0v) is 16.7. The summed E-state index contributed by atoms with van der Waals surface area (Å²) in [5, 5.41) is 9.56. The van der Waals surface area contributed by atoms with Gasteiger partial charge >= 0.3 is 0 Å². The van der Waals surface area contributed by atoms with E-state index in [4.69, 9.17) is 0 Å². The number of nitrogens with one attached hydrogen (secondary N) is 3. The SMILES string of the molecule is Cc1ccc(Nc2cc(Nc3ccc(NC(=O)CC4CC4)cc3)nc(C)n2)cc1. The maximum absolute atomic E-state index is 11.9. The zero-order chi connectivity index (χ0) is 20.2. The molecule has 1 aliphatic rings. The minimum absolute atomic E-state index is 0.0893. The quantitative estimate of drug-likeness (QED) is 0.511. The number of rotatable bonds is 7. The fourth-order valence-electron chi connectivity index (χ4n) is 3.06. The molecule has 0 spiro atoms. The van der Waals surface area contributed by atoms with Gasteiger partial charge in [0.2, 0.25) is 5.91 Å². The van der Waals surface area contributed by atoms with Gasteiger partial charge in [-0.05, 0) is 69.0 Å². The van der Waals surface area contributed by atoms with Crippen LogP contribution in [-0.2, 0) is 4.79 Å². The number of carbonyl (C=O) groups is 1. The molecule has 3 N–H and O–H groups in total. The topological polar surface area (TPSA) is 78.9 Å². The number of aromatic nitrogens is 2. The minimum atomic E-state index is 0.0893. The van der Waals surface area contributed by atoms with Crippen LogP contribution in [0.5, 0.6) is 0 Å². The predicted molar refractivity (Wildman–Crippen MR) is 117 cm³/mol. The summed E-state index contributed by atoms with van der Waals surface area (Å²) in [5.74, 6) is 2.78. The molecule has 29 heavy (non-hydrogen) atoms. The van der Waals surface area contributed by atoms with Crippen molar-refractivity contribution in [3.05, 3.63) is 66.0 Å². The highest BCUT2D eigenvalue weighted by atomic mass is 16.1. The van der Waals surface area contributed by atoms with Crippen LogP contribution in [0.4, 0.5) is 28.7 Å². The Morgan fingerprint density at radius 2 is 1.38 bits per heavy atom. The number of anilines is 5. The average Bonchev–Trinajstić information content (AvgIpc) is 3.49. The van der Waals surface area contributed by atoms with Crippen LogP contribution in [0.25, 0.3) is 0 Å². The third-order valence-corrected chi connectivity index (χ3v) is 4.77. The van der Waals surface area contributed by atoms with E-state index in [9.17, 15) is 4.79 Å². The van der Waals surface area contributed by atoms with Crippen LogP contribution in [-0.4, -0.2) is 15.9 Å². The van der Waals surface area contributed by atoms with E-state index in [0.717, 1.165) is 22.9 Å². The van der Waals surface area contributed by atoms with Gasteiger partial charge in [-0.3, -0.25) is 4.79 Å². The van der Waals surface area contributed by atoms with E-state index < -0.39 is 0 Å². The number of hydrogen-bond acceptors (Lipinski definition) is 5. The van der Waals surface area contributed by atoms with E-state index in [1.54, 1.807) is 0 Å². The van der Waals surface area contributed by atoms with Gasteiger partial charge in [-0.25, -0.2) is 9.97 Å². The first-order valence-electron chi connectivity index (χ1n) is 9.90. The smallest absolute Gasteiger partial charge is 0.224 e. The molecule has 6 heteroatoms. The number of amides is 1. The van der Waals surface area contributed by atoms with E-state index in [2.05, 4.69) is 45.0 Å². The molecule has 0 atom stereocenters. The number of aryl methyl sites for hydroxylation is 2. The van der Waals surface area contributed by atoms with Gasteiger partial charge in [0.15, 0.2) is 0 Å². The molecule has 1 amide bonds. The lowest BCUT2D eigenvalue weighted by Crippen LogP contribution is -2.11. The summed E-state index contributed by atoms with van der Waals surface area (Å²) in [7, 11) is 0. The molecule has 1 heterocycles. The second kappa shape index (κ2) is 8.31. The maximum Gasteiger partial charge on any atom is 0.224 e. The summed E-state index contributed by atoms with van der Waals surface area (Å²) in [6.45, 7) is 3.93. The first kappa shape index (κ1) is 18.9. The predicted octanol–water partition coefficient (Wildman–Crippen LogP) is 5.32. The van der Waals surface area contributed by atoms with Crippen molar-refractivity contribution in [3.8, 4) is 0 Å². The second-order valence-corrected chi connectivity index (χ2v) is 7.57. The number of carbonyl (C=O) groups excluding carboxylic acids is 1. The molecule has 0 radical (unpaired) electrons. The Kier molecular flexibility index (Phi) is 5.42. The monoisotopic (exact) mass is 387 g/mol. The molecule has 6 nitrogen and oxygen atoms in total. The highest BCUT2D eigenvalue weighted by molar-refractivity contribution is 5.91. The number of hydrogen-bond donors (Lipinski definition) is 3. The Balaban J connectivity index is 1.41.